The van der Waals surface area contributed by atoms with Crippen LogP contribution in [0.15, 0.2) is 0 Å². The predicted octanol–water partition coefficient (Wildman–Crippen LogP) is 3.66. The molecule has 4 rings (SSSR count). The maximum Gasteiger partial charge on any atom is 0.315 e. The van der Waals surface area contributed by atoms with Crippen LogP contribution in [-0.4, -0.2) is 24.0 Å². The van der Waals surface area contributed by atoms with E-state index in [1.54, 1.807) is 0 Å². The average Bonchev–Trinajstić information content (AvgIpc) is 2.18. The molecule has 4 bridgehead atoms. The molecule has 0 saturated heterocycles. The highest BCUT2D eigenvalue weighted by Crippen LogP contribution is 2.70. The zero-order valence-electron chi connectivity index (χ0n) is 12.9. The maximum atomic E-state index is 12.1. The fourth-order valence-electron chi connectivity index (χ4n) is 6.87. The molecule has 0 aromatic heterocycles. The number of alkyl halides is 1. The van der Waals surface area contributed by atoms with Gasteiger partial charge in [0, 0.05) is 18.0 Å². The van der Waals surface area contributed by atoms with Gasteiger partial charge in [0.05, 0.1) is 0 Å². The van der Waals surface area contributed by atoms with Gasteiger partial charge < -0.3 is 10.6 Å². The number of nitrogens with one attached hydrogen (secondary N) is 2. The highest BCUT2D eigenvalue weighted by Gasteiger charge is 2.64. The predicted molar refractivity (Wildman–Crippen MR) is 82.0 cm³/mol. The molecule has 20 heavy (non-hydrogen) atoms. The molecule has 0 heterocycles. The largest absolute Gasteiger partial charge is 0.337 e. The molecule has 4 heteroatoms. The van der Waals surface area contributed by atoms with Crippen LogP contribution in [0.3, 0.4) is 0 Å². The van der Waals surface area contributed by atoms with Crippen molar-refractivity contribution in [2.75, 3.05) is 12.4 Å². The minimum Gasteiger partial charge on any atom is -0.337 e. The van der Waals surface area contributed by atoms with Gasteiger partial charge in [0.15, 0.2) is 0 Å². The van der Waals surface area contributed by atoms with E-state index in [1.165, 1.54) is 19.3 Å². The standard InChI is InChI=1S/C16H27ClN2O/c1-13-6-14(2)8-15(3,7-13)11-16(9-13,10-14)19-12(20)18-5-4-17/h4-11H2,1-3H3,(H2,18,19,20). The zero-order chi connectivity index (χ0) is 14.6. The van der Waals surface area contributed by atoms with Crippen molar-refractivity contribution in [2.45, 2.75) is 64.8 Å². The molecule has 2 N–H and O–H groups in total. The van der Waals surface area contributed by atoms with Crippen LogP contribution in [0.25, 0.3) is 0 Å². The number of amides is 2. The Kier molecular flexibility index (Phi) is 3.10. The molecule has 0 aliphatic heterocycles. The van der Waals surface area contributed by atoms with Crippen molar-refractivity contribution >= 4 is 17.6 Å². The number of hydrogen-bond acceptors (Lipinski definition) is 1. The van der Waals surface area contributed by atoms with E-state index >= 15 is 0 Å². The Balaban J connectivity index is 1.81. The van der Waals surface area contributed by atoms with Crippen molar-refractivity contribution in [3.05, 3.63) is 0 Å². The number of halogens is 1. The van der Waals surface area contributed by atoms with Crippen molar-refractivity contribution in [3.8, 4) is 0 Å². The molecule has 0 spiro atoms. The van der Waals surface area contributed by atoms with Crippen LogP contribution in [0, 0.1) is 16.2 Å². The van der Waals surface area contributed by atoms with Crippen LogP contribution < -0.4 is 10.6 Å². The van der Waals surface area contributed by atoms with Gasteiger partial charge in [-0.3, -0.25) is 0 Å². The number of carbonyl (C=O) groups excluding carboxylic acids is 1. The van der Waals surface area contributed by atoms with E-state index in [2.05, 4.69) is 31.4 Å². The summed E-state index contributed by atoms with van der Waals surface area (Å²) in [5.41, 5.74) is 1.21. The lowest BCUT2D eigenvalue weighted by molar-refractivity contribution is -0.154. The second-order valence-electron chi connectivity index (χ2n) is 8.84. The van der Waals surface area contributed by atoms with Gasteiger partial charge in [-0.05, 0) is 54.8 Å². The lowest BCUT2D eigenvalue weighted by Gasteiger charge is -2.69. The van der Waals surface area contributed by atoms with E-state index in [-0.39, 0.29) is 11.6 Å². The topological polar surface area (TPSA) is 41.1 Å². The van der Waals surface area contributed by atoms with Crippen LogP contribution in [0.5, 0.6) is 0 Å². The normalized spacial score (nSPS) is 49.2. The van der Waals surface area contributed by atoms with Crippen molar-refractivity contribution in [3.63, 3.8) is 0 Å². The first-order chi connectivity index (χ1) is 9.20. The molecule has 4 fully saturated rings. The van der Waals surface area contributed by atoms with E-state index in [1.807, 2.05) is 0 Å². The molecule has 0 aromatic rings. The molecular weight excluding hydrogens is 272 g/mol. The van der Waals surface area contributed by atoms with E-state index < -0.39 is 0 Å². The lowest BCUT2D eigenvalue weighted by Crippen LogP contribution is -2.68. The van der Waals surface area contributed by atoms with Gasteiger partial charge in [-0.2, -0.15) is 0 Å². The number of hydrogen-bond donors (Lipinski definition) is 2. The third-order valence-corrected chi connectivity index (χ3v) is 5.80. The van der Waals surface area contributed by atoms with E-state index in [4.69, 9.17) is 11.6 Å². The molecular formula is C16H27ClN2O. The zero-order valence-corrected chi connectivity index (χ0v) is 13.7. The molecule has 114 valence electrons. The highest BCUT2D eigenvalue weighted by molar-refractivity contribution is 6.18. The van der Waals surface area contributed by atoms with Crippen molar-refractivity contribution in [1.29, 1.82) is 0 Å². The third kappa shape index (κ3) is 2.43. The van der Waals surface area contributed by atoms with Gasteiger partial charge in [0.1, 0.15) is 0 Å². The van der Waals surface area contributed by atoms with Crippen LogP contribution >= 0.6 is 11.6 Å². The second kappa shape index (κ2) is 4.28. The highest BCUT2D eigenvalue weighted by atomic mass is 35.5. The molecule has 2 amide bonds. The van der Waals surface area contributed by atoms with E-state index in [0.717, 1.165) is 19.3 Å². The summed E-state index contributed by atoms with van der Waals surface area (Å²) in [5.74, 6) is 0.466. The summed E-state index contributed by atoms with van der Waals surface area (Å²) < 4.78 is 0. The first-order valence-electron chi connectivity index (χ1n) is 7.82. The first-order valence-corrected chi connectivity index (χ1v) is 8.35. The van der Waals surface area contributed by atoms with Gasteiger partial charge in [-0.1, -0.05) is 20.8 Å². The van der Waals surface area contributed by atoms with Gasteiger partial charge >= 0.3 is 6.03 Å². The Hall–Kier alpha value is -0.440. The lowest BCUT2D eigenvalue weighted by atomic mass is 9.38. The van der Waals surface area contributed by atoms with E-state index in [0.29, 0.717) is 28.7 Å². The summed E-state index contributed by atoms with van der Waals surface area (Å²) in [5, 5.41) is 6.19. The Morgan fingerprint density at radius 3 is 1.80 bits per heavy atom. The Morgan fingerprint density at radius 1 is 0.950 bits per heavy atom. The SMILES string of the molecule is CC12CC3(C)CC(C)(C1)CC(NC(=O)NCCCl)(C2)C3. The molecule has 0 aromatic carbocycles. The monoisotopic (exact) mass is 298 g/mol. The summed E-state index contributed by atoms with van der Waals surface area (Å²) in [6.07, 6.45) is 7.38. The Morgan fingerprint density at radius 2 is 1.40 bits per heavy atom. The van der Waals surface area contributed by atoms with Gasteiger partial charge in [-0.25, -0.2) is 4.79 Å². The van der Waals surface area contributed by atoms with Crippen LogP contribution in [0.2, 0.25) is 0 Å². The first kappa shape index (κ1) is 14.5. The Labute approximate surface area is 127 Å². The molecule has 4 saturated carbocycles. The van der Waals surface area contributed by atoms with Gasteiger partial charge in [-0.15, -0.1) is 11.6 Å². The third-order valence-electron chi connectivity index (χ3n) is 5.61. The van der Waals surface area contributed by atoms with Crippen LogP contribution in [0.1, 0.15) is 59.3 Å². The Bertz CT molecular complexity index is 383. The minimum absolute atomic E-state index is 0.00337. The smallest absolute Gasteiger partial charge is 0.315 e. The van der Waals surface area contributed by atoms with Crippen molar-refractivity contribution in [1.82, 2.24) is 10.6 Å². The summed E-state index contributed by atoms with van der Waals surface area (Å²) in [7, 11) is 0. The summed E-state index contributed by atoms with van der Waals surface area (Å²) in [4.78, 5) is 12.1. The van der Waals surface area contributed by atoms with Crippen molar-refractivity contribution < 1.29 is 4.79 Å². The summed E-state index contributed by atoms with van der Waals surface area (Å²) in [6, 6.07) is -0.0385. The minimum atomic E-state index is -0.0385. The second-order valence-corrected chi connectivity index (χ2v) is 9.22. The van der Waals surface area contributed by atoms with Gasteiger partial charge in [0.25, 0.3) is 0 Å². The molecule has 4 aliphatic rings. The molecule has 0 radical (unpaired) electrons. The maximum absolute atomic E-state index is 12.1. The fraction of sp³-hybridized carbons (Fsp3) is 0.938. The number of urea groups is 1. The fourth-order valence-corrected chi connectivity index (χ4v) is 6.96. The molecule has 0 unspecified atom stereocenters. The summed E-state index contributed by atoms with van der Waals surface area (Å²) >= 11 is 5.65. The van der Waals surface area contributed by atoms with E-state index in [9.17, 15) is 4.79 Å². The summed E-state index contributed by atoms with van der Waals surface area (Å²) in [6.45, 7) is 7.81. The van der Waals surface area contributed by atoms with Crippen LogP contribution in [0.4, 0.5) is 4.79 Å². The van der Waals surface area contributed by atoms with Crippen LogP contribution in [-0.2, 0) is 0 Å². The number of carbonyl (C=O) groups is 1. The molecule has 0 atom stereocenters. The quantitative estimate of drug-likeness (QED) is 0.767. The number of rotatable bonds is 3. The van der Waals surface area contributed by atoms with Gasteiger partial charge in [0.2, 0.25) is 0 Å². The molecule has 3 nitrogen and oxygen atoms in total. The molecule has 4 aliphatic carbocycles. The average molecular weight is 299 g/mol. The van der Waals surface area contributed by atoms with Crippen molar-refractivity contribution in [2.24, 2.45) is 16.2 Å².